The van der Waals surface area contributed by atoms with Crippen molar-refractivity contribution in [3.8, 4) is 75.2 Å². The number of benzene rings is 12. The van der Waals surface area contributed by atoms with Gasteiger partial charge in [-0.1, -0.05) is 153 Å². The Morgan fingerprint density at radius 1 is 0.360 bits per heavy atom. The number of para-hydroxylation sites is 7. The summed E-state index contributed by atoms with van der Waals surface area (Å²) in [5.41, 5.74) is 16.3. The summed E-state index contributed by atoms with van der Waals surface area (Å²) in [6, 6.07) is 87.0. The molecule has 0 unspecified atom stereocenters. The molecule has 0 fully saturated rings. The number of rotatable bonds is 5. The van der Waals surface area contributed by atoms with Crippen molar-refractivity contribution in [3.05, 3.63) is 248 Å². The molecule has 0 spiro atoms. The number of hydrogen-bond acceptors (Lipinski definition) is 7. The molecular formula is C76H47B2N5O4S2. The van der Waals surface area contributed by atoms with Crippen LogP contribution in [0.15, 0.2) is 246 Å². The summed E-state index contributed by atoms with van der Waals surface area (Å²) >= 11 is 1.51. The SMILES string of the molecule is CC.N#Cc1ccc(Sc2ccc(-n3c4ccccc4c4c3c3c5ccccc5n(-c5cc6c7c(c5)Oc5ccccc5B7c5ccccc5O6)c3c3c5ccccc5n(-c5cc6c7c(c5)Oc5ccccc5B7c5ccccc5O6)c43)cc2)c(C#N)c1.S. The third kappa shape index (κ3) is 7.47. The highest BCUT2D eigenvalue weighted by atomic mass is 32.2. The molecule has 0 radical (unpaired) electrons. The summed E-state index contributed by atoms with van der Waals surface area (Å²) in [5, 5.41) is 26.3. The Balaban J connectivity index is 0.00000202. The number of hydrogen-bond donors (Lipinski definition) is 0. The monoisotopic (exact) mass is 1180 g/mol. The highest BCUT2D eigenvalue weighted by molar-refractivity contribution is 7.99. The van der Waals surface area contributed by atoms with Crippen LogP contribution >= 0.6 is 25.3 Å². The summed E-state index contributed by atoms with van der Waals surface area (Å²) < 4.78 is 35.5. The van der Waals surface area contributed by atoms with E-state index in [1.807, 2.05) is 44.2 Å². The molecule has 3 aromatic heterocycles. The van der Waals surface area contributed by atoms with E-state index in [4.69, 9.17) is 18.9 Å². The Hall–Kier alpha value is -11.0. The maximum absolute atomic E-state index is 10.2. The number of nitriles is 2. The fraction of sp³-hybridized carbons (Fsp3) is 0.0263. The average molecular weight is 1180 g/mol. The molecule has 9 nitrogen and oxygen atoms in total. The van der Waals surface area contributed by atoms with Crippen LogP contribution in [0.2, 0.25) is 0 Å². The highest BCUT2D eigenvalue weighted by Crippen LogP contribution is 2.52. The molecule has 89 heavy (non-hydrogen) atoms. The summed E-state index contributed by atoms with van der Waals surface area (Å²) in [6.45, 7) is 3.83. The Morgan fingerprint density at radius 3 is 1.08 bits per heavy atom. The van der Waals surface area contributed by atoms with Crippen molar-refractivity contribution in [2.45, 2.75) is 23.6 Å². The lowest BCUT2D eigenvalue weighted by Crippen LogP contribution is -2.57. The van der Waals surface area contributed by atoms with Crippen LogP contribution in [0.1, 0.15) is 25.0 Å². The maximum atomic E-state index is 10.2. The Labute approximate surface area is 523 Å². The van der Waals surface area contributed by atoms with E-state index in [1.165, 1.54) is 11.8 Å². The largest absolute Gasteiger partial charge is 0.458 e. The molecule has 0 atom stereocenters. The van der Waals surface area contributed by atoms with Gasteiger partial charge in [-0.15, -0.1) is 0 Å². The van der Waals surface area contributed by atoms with Crippen molar-refractivity contribution >= 4 is 137 Å². The van der Waals surface area contributed by atoms with Gasteiger partial charge in [0.05, 0.1) is 61.7 Å². The predicted octanol–water partition coefficient (Wildman–Crippen LogP) is 15.5. The Morgan fingerprint density at radius 2 is 0.708 bits per heavy atom. The first-order valence-electron chi connectivity index (χ1n) is 29.6. The van der Waals surface area contributed by atoms with Gasteiger partial charge in [-0.05, 0) is 107 Å². The zero-order valence-corrected chi connectivity index (χ0v) is 49.8. The minimum Gasteiger partial charge on any atom is -0.458 e. The van der Waals surface area contributed by atoms with Crippen molar-refractivity contribution < 1.29 is 18.9 Å². The van der Waals surface area contributed by atoms with Crippen LogP contribution in [0.25, 0.3) is 82.5 Å². The van der Waals surface area contributed by atoms with Crippen LogP contribution in [0.5, 0.6) is 46.0 Å². The minimum absolute atomic E-state index is 0. The van der Waals surface area contributed by atoms with Gasteiger partial charge in [-0.25, -0.2) is 0 Å². The van der Waals surface area contributed by atoms with Gasteiger partial charge in [-0.3, -0.25) is 0 Å². The highest BCUT2D eigenvalue weighted by Gasteiger charge is 2.43. The molecule has 15 aromatic rings. The number of nitrogens with zero attached hydrogens (tertiary/aromatic N) is 5. The molecule has 0 N–H and O–H groups in total. The van der Waals surface area contributed by atoms with Crippen molar-refractivity contribution in [2.75, 3.05) is 0 Å². The van der Waals surface area contributed by atoms with Gasteiger partial charge in [0, 0.05) is 83.0 Å². The van der Waals surface area contributed by atoms with E-state index < -0.39 is 0 Å². The molecule has 12 aromatic carbocycles. The summed E-state index contributed by atoms with van der Waals surface area (Å²) in [6.07, 6.45) is 0. The lowest BCUT2D eigenvalue weighted by molar-refractivity contribution is 0.463. The average Bonchev–Trinajstić information content (AvgIpc) is 1.53. The molecule has 13 heteroatoms. The third-order valence-corrected chi connectivity index (χ3v) is 19.0. The Bertz CT molecular complexity index is 5330. The second kappa shape index (κ2) is 20.1. The normalized spacial score (nSPS) is 12.6. The van der Waals surface area contributed by atoms with Crippen LogP contribution in [-0.4, -0.2) is 27.1 Å². The predicted molar refractivity (Wildman–Crippen MR) is 367 cm³/mol. The topological polar surface area (TPSA) is 99.3 Å². The molecule has 0 bridgehead atoms. The van der Waals surface area contributed by atoms with Gasteiger partial charge in [0.25, 0.3) is 13.4 Å². The first-order chi connectivity index (χ1) is 43.6. The van der Waals surface area contributed by atoms with Crippen molar-refractivity contribution in [2.24, 2.45) is 0 Å². The van der Waals surface area contributed by atoms with Crippen LogP contribution in [-0.2, 0) is 0 Å². The van der Waals surface area contributed by atoms with E-state index in [0.717, 1.165) is 171 Å². The smallest absolute Gasteiger partial charge is 0.260 e. The second-order valence-electron chi connectivity index (χ2n) is 22.4. The fourth-order valence-corrected chi connectivity index (χ4v) is 15.4. The molecule has 0 aliphatic carbocycles. The van der Waals surface area contributed by atoms with Gasteiger partial charge in [-0.2, -0.15) is 24.0 Å². The van der Waals surface area contributed by atoms with Gasteiger partial charge in [0.15, 0.2) is 0 Å². The first-order valence-corrected chi connectivity index (χ1v) is 30.5. The van der Waals surface area contributed by atoms with Crippen molar-refractivity contribution in [1.29, 1.82) is 10.5 Å². The van der Waals surface area contributed by atoms with Crippen molar-refractivity contribution in [3.63, 3.8) is 0 Å². The van der Waals surface area contributed by atoms with Gasteiger partial charge in [0.2, 0.25) is 0 Å². The number of ether oxygens (including phenoxy) is 4. The first kappa shape index (κ1) is 52.4. The van der Waals surface area contributed by atoms with E-state index >= 15 is 0 Å². The van der Waals surface area contributed by atoms with Crippen LogP contribution in [0.4, 0.5) is 0 Å². The number of fused-ring (bicyclic) bond motifs is 20. The lowest BCUT2D eigenvalue weighted by Gasteiger charge is -2.33. The van der Waals surface area contributed by atoms with E-state index in [0.29, 0.717) is 11.1 Å². The second-order valence-corrected chi connectivity index (χ2v) is 23.5. The lowest BCUT2D eigenvalue weighted by atomic mass is 9.35. The third-order valence-electron chi connectivity index (χ3n) is 18.0. The molecule has 4 aliphatic heterocycles. The molecule has 4 aliphatic rings. The fourth-order valence-electron chi connectivity index (χ4n) is 14.5. The van der Waals surface area contributed by atoms with E-state index in [2.05, 4.69) is 220 Å². The molecule has 0 saturated heterocycles. The maximum Gasteiger partial charge on any atom is 0.260 e. The quantitative estimate of drug-likeness (QED) is 0.158. The van der Waals surface area contributed by atoms with Crippen LogP contribution < -0.4 is 51.7 Å². The zero-order chi connectivity index (χ0) is 58.5. The minimum atomic E-state index is -0.0866. The standard InChI is InChI=1S/C74H39B2N5O4S.C2H6.H2S/c77-40-42-29-34-66(43(35-42)41-78)86-47-32-30-44(31-33-47)79-55-22-8-1-15-48(55)67-72(79)68-49-16-2-9-23-56(49)80(45-36-62-70-63(37-45)83-59-26-12-5-19-52(59)75(70)51-18-4-11-25-58(51)82-62)74(68)69-50-17-3-10-24-57(50)81(73(67)69)46-38-64-71-65(39-46)85-61-28-14-7-21-54(61)76(71)53-20-6-13-27-60(53)84-64;1-2;/h1-39H;1-2H3;1H2. The van der Waals surface area contributed by atoms with Gasteiger partial charge >= 0.3 is 0 Å². The van der Waals surface area contributed by atoms with E-state index in [1.54, 1.807) is 12.1 Å². The number of aromatic nitrogens is 3. The molecule has 19 rings (SSSR count). The molecule has 0 amide bonds. The molecule has 418 valence electrons. The van der Waals surface area contributed by atoms with Gasteiger partial charge in [0.1, 0.15) is 52.1 Å². The molecular weight excluding hydrogens is 1130 g/mol. The summed E-state index contributed by atoms with van der Waals surface area (Å²) in [7, 11) is 0. The van der Waals surface area contributed by atoms with Crippen molar-refractivity contribution in [1.82, 2.24) is 13.7 Å². The Kier molecular flexibility index (Phi) is 11.8. The van der Waals surface area contributed by atoms with Crippen LogP contribution in [0, 0.1) is 22.7 Å². The zero-order valence-electron chi connectivity index (χ0n) is 47.9. The summed E-state index contributed by atoms with van der Waals surface area (Å²) in [5.74, 6) is 6.30. The molecule has 0 saturated carbocycles. The summed E-state index contributed by atoms with van der Waals surface area (Å²) in [4.78, 5) is 1.74. The molecule has 7 heterocycles. The van der Waals surface area contributed by atoms with Gasteiger partial charge < -0.3 is 32.6 Å². The van der Waals surface area contributed by atoms with E-state index in [9.17, 15) is 10.5 Å². The van der Waals surface area contributed by atoms with E-state index in [-0.39, 0.29) is 26.9 Å². The van der Waals surface area contributed by atoms with Crippen LogP contribution in [0.3, 0.4) is 0 Å².